The fourth-order valence-electron chi connectivity index (χ4n) is 3.38. The standard InChI is InChI=1S/C27H34N2O3/c1-7-26(3,4)20-13-14-23(21(17-20)27(5,6)8-2)31-18-24(30)29-25-28-16-15-19-11-9-10-12-22(19)32-25/h9-17H,7-8,18H2,1-6H3,(H,28,29,30). The second kappa shape index (κ2) is 9.60. The van der Waals surface area contributed by atoms with Crippen LogP contribution < -0.4 is 14.8 Å². The maximum atomic E-state index is 12.6. The molecule has 170 valence electrons. The number of nitrogens with one attached hydrogen (secondary N) is 1. The van der Waals surface area contributed by atoms with Crippen molar-refractivity contribution in [2.24, 2.45) is 4.99 Å². The van der Waals surface area contributed by atoms with Crippen LogP contribution in [0.5, 0.6) is 11.5 Å². The largest absolute Gasteiger partial charge is 0.483 e. The Hall–Kier alpha value is -3.08. The third-order valence-corrected chi connectivity index (χ3v) is 6.43. The van der Waals surface area contributed by atoms with E-state index in [0.29, 0.717) is 5.75 Å². The summed E-state index contributed by atoms with van der Waals surface area (Å²) in [4.78, 5) is 16.8. The average molecular weight is 435 g/mol. The van der Waals surface area contributed by atoms with Crippen molar-refractivity contribution in [2.75, 3.05) is 6.61 Å². The zero-order valence-corrected chi connectivity index (χ0v) is 20.0. The van der Waals surface area contributed by atoms with Gasteiger partial charge >= 0.3 is 6.02 Å². The van der Waals surface area contributed by atoms with Crippen molar-refractivity contribution in [1.82, 2.24) is 5.32 Å². The monoisotopic (exact) mass is 434 g/mol. The van der Waals surface area contributed by atoms with Crippen LogP contribution in [0.1, 0.15) is 71.1 Å². The highest BCUT2D eigenvalue weighted by Gasteiger charge is 2.27. The lowest BCUT2D eigenvalue weighted by Crippen LogP contribution is -2.37. The molecule has 0 fully saturated rings. The number of hydrogen-bond acceptors (Lipinski definition) is 4. The molecule has 1 aliphatic rings. The summed E-state index contributed by atoms with van der Waals surface area (Å²) in [6, 6.07) is 14.0. The number of amides is 1. The molecule has 2 aromatic rings. The van der Waals surface area contributed by atoms with E-state index in [4.69, 9.17) is 9.47 Å². The topological polar surface area (TPSA) is 59.9 Å². The normalized spacial score (nSPS) is 13.5. The highest BCUT2D eigenvalue weighted by atomic mass is 16.5. The van der Waals surface area contributed by atoms with E-state index in [1.807, 2.05) is 36.4 Å². The van der Waals surface area contributed by atoms with Crippen LogP contribution in [0.3, 0.4) is 0 Å². The number of carbonyl (C=O) groups is 1. The number of amidine groups is 1. The minimum absolute atomic E-state index is 0.0748. The van der Waals surface area contributed by atoms with E-state index >= 15 is 0 Å². The summed E-state index contributed by atoms with van der Waals surface area (Å²) in [7, 11) is 0. The SMILES string of the molecule is CCC(C)(C)c1ccc(OCC(=O)NC2=NC=Cc3ccccc3O2)c(C(C)(C)CC)c1. The van der Waals surface area contributed by atoms with Gasteiger partial charge in [0.2, 0.25) is 0 Å². The number of para-hydroxylation sites is 1. The Balaban J connectivity index is 1.73. The maximum absolute atomic E-state index is 12.6. The first kappa shape index (κ1) is 23.6. The summed E-state index contributed by atoms with van der Waals surface area (Å²) in [5.74, 6) is 1.05. The van der Waals surface area contributed by atoms with E-state index in [1.165, 1.54) is 5.56 Å². The van der Waals surface area contributed by atoms with Crippen LogP contribution in [0.15, 0.2) is 53.7 Å². The molecule has 5 heteroatoms. The maximum Gasteiger partial charge on any atom is 0.301 e. The van der Waals surface area contributed by atoms with E-state index in [2.05, 4.69) is 64.0 Å². The summed E-state index contributed by atoms with van der Waals surface area (Å²) < 4.78 is 11.7. The molecule has 1 amide bonds. The molecule has 1 heterocycles. The molecule has 0 aliphatic carbocycles. The molecule has 0 radical (unpaired) electrons. The first-order valence-corrected chi connectivity index (χ1v) is 11.2. The van der Waals surface area contributed by atoms with Crippen LogP contribution >= 0.6 is 0 Å². The molecule has 1 N–H and O–H groups in total. The van der Waals surface area contributed by atoms with Gasteiger partial charge in [-0.1, -0.05) is 71.9 Å². The van der Waals surface area contributed by atoms with E-state index < -0.39 is 0 Å². The zero-order valence-electron chi connectivity index (χ0n) is 20.0. The molecule has 1 aliphatic heterocycles. The molecule has 2 aromatic carbocycles. The molecule has 0 spiro atoms. The van der Waals surface area contributed by atoms with Crippen molar-refractivity contribution in [3.8, 4) is 11.5 Å². The van der Waals surface area contributed by atoms with Gasteiger partial charge in [0.25, 0.3) is 5.91 Å². The minimum Gasteiger partial charge on any atom is -0.483 e. The van der Waals surface area contributed by atoms with E-state index in [-0.39, 0.29) is 29.4 Å². The molecular formula is C27H34N2O3. The Bertz CT molecular complexity index is 1030. The third kappa shape index (κ3) is 5.39. The van der Waals surface area contributed by atoms with Gasteiger partial charge in [-0.2, -0.15) is 0 Å². The molecule has 3 rings (SSSR count). The molecule has 5 nitrogen and oxygen atoms in total. The lowest BCUT2D eigenvalue weighted by molar-refractivity contribution is -0.121. The summed E-state index contributed by atoms with van der Waals surface area (Å²) >= 11 is 0. The van der Waals surface area contributed by atoms with Crippen LogP contribution in [0.4, 0.5) is 0 Å². The molecule has 0 bridgehead atoms. The number of ether oxygens (including phenoxy) is 2. The van der Waals surface area contributed by atoms with Crippen molar-refractivity contribution >= 4 is 18.0 Å². The number of hydrogen-bond donors (Lipinski definition) is 1. The number of nitrogens with zero attached hydrogens (tertiary/aromatic N) is 1. The number of fused-ring (bicyclic) bond motifs is 1. The first-order chi connectivity index (χ1) is 15.2. The summed E-state index contributed by atoms with van der Waals surface area (Å²) in [6.45, 7) is 13.1. The highest BCUT2D eigenvalue weighted by molar-refractivity contribution is 5.96. The van der Waals surface area contributed by atoms with E-state index in [0.717, 1.165) is 29.7 Å². The summed E-state index contributed by atoms with van der Waals surface area (Å²) in [5, 5.41) is 2.70. The van der Waals surface area contributed by atoms with Crippen molar-refractivity contribution in [3.05, 3.63) is 65.4 Å². The van der Waals surface area contributed by atoms with Gasteiger partial charge < -0.3 is 9.47 Å². The van der Waals surface area contributed by atoms with Crippen molar-refractivity contribution < 1.29 is 14.3 Å². The van der Waals surface area contributed by atoms with Gasteiger partial charge in [0.1, 0.15) is 11.5 Å². The van der Waals surface area contributed by atoms with Gasteiger partial charge in [-0.3, -0.25) is 10.1 Å². The van der Waals surface area contributed by atoms with Crippen LogP contribution in [0.2, 0.25) is 0 Å². The Labute approximate surface area is 191 Å². The summed E-state index contributed by atoms with van der Waals surface area (Å²) in [5.41, 5.74) is 3.30. The van der Waals surface area contributed by atoms with Crippen LogP contribution in [-0.4, -0.2) is 18.5 Å². The minimum atomic E-state index is -0.324. The van der Waals surface area contributed by atoms with Gasteiger partial charge in [-0.05, 0) is 47.4 Å². The Morgan fingerprint density at radius 1 is 1.03 bits per heavy atom. The molecule has 0 saturated carbocycles. The van der Waals surface area contributed by atoms with Crippen molar-refractivity contribution in [1.29, 1.82) is 0 Å². The van der Waals surface area contributed by atoms with Gasteiger partial charge in [0, 0.05) is 17.3 Å². The molecule has 0 saturated heterocycles. The van der Waals surface area contributed by atoms with Crippen molar-refractivity contribution in [3.63, 3.8) is 0 Å². The molecule has 0 unspecified atom stereocenters. The predicted molar refractivity (Wildman–Crippen MR) is 130 cm³/mol. The number of rotatable bonds is 7. The summed E-state index contributed by atoms with van der Waals surface area (Å²) in [6.07, 6.45) is 5.45. The average Bonchev–Trinajstić information content (AvgIpc) is 2.99. The number of aliphatic imine (C=N–C) groups is 1. The lowest BCUT2D eigenvalue weighted by atomic mass is 9.76. The van der Waals surface area contributed by atoms with E-state index in [9.17, 15) is 4.79 Å². The molecular weight excluding hydrogens is 400 g/mol. The Morgan fingerprint density at radius 2 is 1.75 bits per heavy atom. The molecule has 0 atom stereocenters. The second-order valence-corrected chi connectivity index (χ2v) is 9.41. The smallest absolute Gasteiger partial charge is 0.301 e. The third-order valence-electron chi connectivity index (χ3n) is 6.43. The molecule has 32 heavy (non-hydrogen) atoms. The lowest BCUT2D eigenvalue weighted by Gasteiger charge is -2.30. The van der Waals surface area contributed by atoms with Crippen LogP contribution in [-0.2, 0) is 15.6 Å². The zero-order chi connectivity index (χ0) is 23.4. The van der Waals surface area contributed by atoms with Crippen LogP contribution in [0.25, 0.3) is 6.08 Å². The van der Waals surface area contributed by atoms with E-state index in [1.54, 1.807) is 6.20 Å². The first-order valence-electron chi connectivity index (χ1n) is 11.2. The number of benzene rings is 2. The Morgan fingerprint density at radius 3 is 2.47 bits per heavy atom. The second-order valence-electron chi connectivity index (χ2n) is 9.41. The predicted octanol–water partition coefficient (Wildman–Crippen LogP) is 5.98. The van der Waals surface area contributed by atoms with Gasteiger partial charge in [-0.25, -0.2) is 4.99 Å². The van der Waals surface area contributed by atoms with Gasteiger partial charge in [0.15, 0.2) is 6.61 Å². The van der Waals surface area contributed by atoms with Gasteiger partial charge in [0.05, 0.1) is 0 Å². The van der Waals surface area contributed by atoms with Gasteiger partial charge in [-0.15, -0.1) is 0 Å². The molecule has 0 aromatic heterocycles. The fraction of sp³-hybridized carbons (Fsp3) is 0.407. The Kier molecular flexibility index (Phi) is 7.07. The quantitative estimate of drug-likeness (QED) is 0.583. The van der Waals surface area contributed by atoms with Crippen LogP contribution in [0, 0.1) is 0 Å². The fourth-order valence-corrected chi connectivity index (χ4v) is 3.38. The number of carbonyl (C=O) groups excluding carboxylic acids is 1. The highest BCUT2D eigenvalue weighted by Crippen LogP contribution is 2.38. The van der Waals surface area contributed by atoms with Crippen molar-refractivity contribution in [2.45, 2.75) is 65.2 Å².